The molecule has 2 atom stereocenters. The lowest BCUT2D eigenvalue weighted by Gasteiger charge is -2.16. The Morgan fingerprint density at radius 2 is 2.16 bits per heavy atom. The smallest absolute Gasteiger partial charge is 0.232 e. The number of sulfonamides is 1. The number of hydrogen-bond donors (Lipinski definition) is 2. The van der Waals surface area contributed by atoms with Crippen LogP contribution in [0.4, 0.5) is 10.1 Å². The maximum atomic E-state index is 13.9. The summed E-state index contributed by atoms with van der Waals surface area (Å²) in [4.78, 5) is 12.7. The van der Waals surface area contributed by atoms with Crippen molar-refractivity contribution in [3.63, 3.8) is 0 Å². The Balaban J connectivity index is 1.86. The first-order valence-corrected chi connectivity index (χ1v) is 9.43. The van der Waals surface area contributed by atoms with E-state index in [9.17, 15) is 17.6 Å². The molecule has 2 aliphatic heterocycles. The van der Waals surface area contributed by atoms with Crippen molar-refractivity contribution >= 4 is 21.5 Å². The van der Waals surface area contributed by atoms with E-state index in [4.69, 9.17) is 0 Å². The molecule has 132 valence electrons. The Morgan fingerprint density at radius 3 is 2.92 bits per heavy atom. The molecule has 0 saturated carbocycles. The summed E-state index contributed by atoms with van der Waals surface area (Å²) in [6.45, 7) is 1.73. The number of Topliss-reactive ketones (excluding diaryl/α,β-unsaturated/α-hetero) is 1. The largest absolute Gasteiger partial charge is 0.367 e. The molecule has 3 rings (SSSR count). The number of hydrogen-bond acceptors (Lipinski definition) is 6. The topological polar surface area (TPSA) is 100.0 Å². The fraction of sp³-hybridized carbons (Fsp3) is 0.312. The zero-order valence-electron chi connectivity index (χ0n) is 13.4. The molecule has 2 heterocycles. The predicted molar refractivity (Wildman–Crippen MR) is 90.9 cm³/mol. The van der Waals surface area contributed by atoms with Crippen LogP contribution < -0.4 is 10.0 Å². The van der Waals surface area contributed by atoms with Gasteiger partial charge in [0.05, 0.1) is 17.4 Å². The number of fused-ring (bicyclic) bond motifs is 1. The molecule has 0 bridgehead atoms. The molecule has 0 radical (unpaired) electrons. The van der Waals surface area contributed by atoms with Crippen molar-refractivity contribution in [2.75, 3.05) is 10.5 Å². The van der Waals surface area contributed by atoms with Gasteiger partial charge in [-0.1, -0.05) is 13.0 Å². The van der Waals surface area contributed by atoms with Crippen LogP contribution >= 0.6 is 0 Å². The fourth-order valence-corrected chi connectivity index (χ4v) is 3.88. The number of azo groups is 1. The van der Waals surface area contributed by atoms with Gasteiger partial charge in [-0.3, -0.25) is 9.52 Å². The number of nitrogens with zero attached hydrogens (tertiary/aromatic N) is 2. The Bertz CT molecular complexity index is 893. The third kappa shape index (κ3) is 3.76. The maximum Gasteiger partial charge on any atom is 0.232 e. The quantitative estimate of drug-likeness (QED) is 0.758. The summed E-state index contributed by atoms with van der Waals surface area (Å²) >= 11 is 0. The minimum Gasteiger partial charge on any atom is -0.367 e. The standard InChI is InChI=1S/C16H17FN4O3S/c1-2-5-25(23,24)21-12-7-10(6-11(17)8-12)15(22)14-9-18-16-13(14)3-4-19-20-16/h3-4,6-9,13,16,18,21H,2,5H2,1H3. The van der Waals surface area contributed by atoms with Crippen molar-refractivity contribution in [1.82, 2.24) is 5.32 Å². The molecule has 2 unspecified atom stereocenters. The lowest BCUT2D eigenvalue weighted by atomic mass is 9.92. The van der Waals surface area contributed by atoms with Gasteiger partial charge in [-0.05, 0) is 24.6 Å². The van der Waals surface area contributed by atoms with Gasteiger partial charge in [0.1, 0.15) is 12.0 Å². The van der Waals surface area contributed by atoms with E-state index in [1.54, 1.807) is 13.0 Å². The van der Waals surface area contributed by atoms with Crippen LogP contribution in [0.25, 0.3) is 0 Å². The van der Waals surface area contributed by atoms with Gasteiger partial charge >= 0.3 is 0 Å². The Kier molecular flexibility index (Phi) is 4.67. The molecule has 1 aromatic carbocycles. The summed E-state index contributed by atoms with van der Waals surface area (Å²) in [5, 5.41) is 10.7. The number of ketones is 1. The molecule has 0 saturated heterocycles. The van der Waals surface area contributed by atoms with E-state index in [-0.39, 0.29) is 29.1 Å². The zero-order valence-corrected chi connectivity index (χ0v) is 14.3. The van der Waals surface area contributed by atoms with Crippen LogP contribution in [-0.4, -0.2) is 26.1 Å². The summed E-state index contributed by atoms with van der Waals surface area (Å²) in [5.41, 5.74) is 0.519. The van der Waals surface area contributed by atoms with Crippen LogP contribution in [0.15, 0.2) is 52.5 Å². The molecule has 0 fully saturated rings. The highest BCUT2D eigenvalue weighted by Gasteiger charge is 2.33. The molecule has 1 aromatic rings. The molecular weight excluding hydrogens is 347 g/mol. The van der Waals surface area contributed by atoms with Crippen molar-refractivity contribution in [3.8, 4) is 0 Å². The van der Waals surface area contributed by atoms with Crippen molar-refractivity contribution in [3.05, 3.63) is 53.6 Å². The summed E-state index contributed by atoms with van der Waals surface area (Å²) in [5.74, 6) is -1.45. The Labute approximate surface area is 144 Å². The number of rotatable bonds is 6. The second-order valence-corrected chi connectivity index (χ2v) is 7.63. The zero-order chi connectivity index (χ0) is 18.0. The van der Waals surface area contributed by atoms with Crippen LogP contribution in [0.3, 0.4) is 0 Å². The first kappa shape index (κ1) is 17.3. The van der Waals surface area contributed by atoms with Crippen molar-refractivity contribution in [1.29, 1.82) is 0 Å². The van der Waals surface area contributed by atoms with E-state index in [1.807, 2.05) is 0 Å². The van der Waals surface area contributed by atoms with Gasteiger partial charge in [0, 0.05) is 23.5 Å². The van der Waals surface area contributed by atoms with E-state index in [2.05, 4.69) is 20.3 Å². The number of carbonyl (C=O) groups is 1. The van der Waals surface area contributed by atoms with Gasteiger partial charge in [0.2, 0.25) is 10.0 Å². The van der Waals surface area contributed by atoms with Crippen LogP contribution in [0, 0.1) is 11.7 Å². The van der Waals surface area contributed by atoms with Crippen molar-refractivity contribution < 1.29 is 17.6 Å². The SMILES string of the molecule is CCCS(=O)(=O)Nc1cc(F)cc(C(=O)C2=CNC3N=NC=CC23)c1. The number of benzene rings is 1. The average Bonchev–Trinajstić information content (AvgIpc) is 2.97. The monoisotopic (exact) mass is 364 g/mol. The molecule has 2 N–H and O–H groups in total. The van der Waals surface area contributed by atoms with Gasteiger partial charge in [0.25, 0.3) is 0 Å². The number of halogens is 1. The summed E-state index contributed by atoms with van der Waals surface area (Å²) < 4.78 is 39.9. The Morgan fingerprint density at radius 1 is 1.36 bits per heavy atom. The lowest BCUT2D eigenvalue weighted by Crippen LogP contribution is -2.26. The molecule has 2 aliphatic rings. The minimum absolute atomic E-state index is 0.0266. The Hall–Kier alpha value is -2.55. The highest BCUT2D eigenvalue weighted by atomic mass is 32.2. The maximum absolute atomic E-state index is 13.9. The number of nitrogens with one attached hydrogen (secondary N) is 2. The number of carbonyl (C=O) groups excluding carboxylic acids is 1. The molecule has 0 amide bonds. The molecule has 0 aromatic heterocycles. The fourth-order valence-electron chi connectivity index (χ4n) is 2.76. The van der Waals surface area contributed by atoms with Gasteiger partial charge in [0.15, 0.2) is 5.78 Å². The normalized spacial score (nSPS) is 21.4. The van der Waals surface area contributed by atoms with E-state index >= 15 is 0 Å². The van der Waals surface area contributed by atoms with Crippen molar-refractivity contribution in [2.45, 2.75) is 19.5 Å². The summed E-state index contributed by atoms with van der Waals surface area (Å²) in [6, 6.07) is 3.46. The molecule has 25 heavy (non-hydrogen) atoms. The van der Waals surface area contributed by atoms with Gasteiger partial charge in [-0.2, -0.15) is 10.2 Å². The van der Waals surface area contributed by atoms with Crippen molar-refractivity contribution in [2.24, 2.45) is 16.1 Å². The van der Waals surface area contributed by atoms with Crippen LogP contribution in [-0.2, 0) is 10.0 Å². The average molecular weight is 364 g/mol. The predicted octanol–water partition coefficient (Wildman–Crippen LogP) is 2.57. The number of anilines is 1. The highest BCUT2D eigenvalue weighted by Crippen LogP contribution is 2.30. The summed E-state index contributed by atoms with van der Waals surface area (Å²) in [7, 11) is -3.58. The lowest BCUT2D eigenvalue weighted by molar-refractivity contribution is 0.102. The summed E-state index contributed by atoms with van der Waals surface area (Å²) in [6.07, 6.45) is 4.87. The van der Waals surface area contributed by atoms with Gasteiger partial charge < -0.3 is 5.32 Å². The van der Waals surface area contributed by atoms with Gasteiger partial charge in [-0.15, -0.1) is 0 Å². The van der Waals surface area contributed by atoms with Crippen LogP contribution in [0.1, 0.15) is 23.7 Å². The molecule has 0 aliphatic carbocycles. The van der Waals surface area contributed by atoms with E-state index in [1.165, 1.54) is 18.5 Å². The minimum atomic E-state index is -3.58. The van der Waals surface area contributed by atoms with E-state index < -0.39 is 21.6 Å². The van der Waals surface area contributed by atoms with E-state index in [0.29, 0.717) is 12.0 Å². The second kappa shape index (κ2) is 6.75. The third-order valence-corrected chi connectivity index (χ3v) is 5.32. The second-order valence-electron chi connectivity index (χ2n) is 5.79. The highest BCUT2D eigenvalue weighted by molar-refractivity contribution is 7.92. The van der Waals surface area contributed by atoms with Crippen LogP contribution in [0.5, 0.6) is 0 Å². The molecule has 7 nitrogen and oxygen atoms in total. The van der Waals surface area contributed by atoms with Gasteiger partial charge in [-0.25, -0.2) is 12.8 Å². The molecule has 0 spiro atoms. The first-order valence-electron chi connectivity index (χ1n) is 7.78. The van der Waals surface area contributed by atoms with E-state index in [0.717, 1.165) is 12.1 Å². The molecule has 9 heteroatoms. The van der Waals surface area contributed by atoms with Crippen LogP contribution in [0.2, 0.25) is 0 Å². The third-order valence-electron chi connectivity index (χ3n) is 3.83. The first-order chi connectivity index (χ1) is 11.9. The molecular formula is C16H17FN4O3S.